The summed E-state index contributed by atoms with van der Waals surface area (Å²) in [4.78, 5) is 38.5. The van der Waals surface area contributed by atoms with Gasteiger partial charge in [-0.25, -0.2) is 4.39 Å². The van der Waals surface area contributed by atoms with E-state index < -0.39 is 10.7 Å². The van der Waals surface area contributed by atoms with E-state index >= 15 is 0 Å². The van der Waals surface area contributed by atoms with E-state index in [0.717, 1.165) is 0 Å². The third-order valence-electron chi connectivity index (χ3n) is 4.93. The molecule has 2 aromatic carbocycles. The number of ether oxygens (including phenoxy) is 1. The molecule has 1 N–H and O–H groups in total. The Hall–Kier alpha value is -3.53. The van der Waals surface area contributed by atoms with Gasteiger partial charge in [0, 0.05) is 43.5 Å². The van der Waals surface area contributed by atoms with Crippen LogP contribution >= 0.6 is 0 Å². The highest BCUT2D eigenvalue weighted by molar-refractivity contribution is 5.92. The minimum atomic E-state index is -0.470. The predicted octanol–water partition coefficient (Wildman–Crippen LogP) is 2.20. The van der Waals surface area contributed by atoms with Gasteiger partial charge in [0.05, 0.1) is 11.5 Å². The Morgan fingerprint density at radius 3 is 2.55 bits per heavy atom. The summed E-state index contributed by atoms with van der Waals surface area (Å²) in [5.74, 6) is -0.470. The van der Waals surface area contributed by atoms with Gasteiger partial charge < -0.3 is 15.0 Å². The van der Waals surface area contributed by atoms with Crippen molar-refractivity contribution in [2.24, 2.45) is 0 Å². The zero-order valence-electron chi connectivity index (χ0n) is 17.0. The molecule has 0 bridgehead atoms. The molecule has 1 heterocycles. The molecule has 31 heavy (non-hydrogen) atoms. The van der Waals surface area contributed by atoms with Crippen LogP contribution < -0.4 is 10.1 Å². The molecule has 0 atom stereocenters. The van der Waals surface area contributed by atoms with Crippen LogP contribution in [0.3, 0.4) is 0 Å². The predicted molar refractivity (Wildman–Crippen MR) is 111 cm³/mol. The van der Waals surface area contributed by atoms with Gasteiger partial charge in [0.1, 0.15) is 11.6 Å². The number of rotatable bonds is 7. The summed E-state index contributed by atoms with van der Waals surface area (Å²) >= 11 is 0. The van der Waals surface area contributed by atoms with E-state index in [1.54, 1.807) is 17.9 Å². The lowest BCUT2D eigenvalue weighted by atomic mass is 10.2. The van der Waals surface area contributed by atoms with Crippen LogP contribution in [0.2, 0.25) is 0 Å². The smallest absolute Gasteiger partial charge is 0.272 e. The molecule has 164 valence electrons. The highest BCUT2D eigenvalue weighted by Crippen LogP contribution is 2.23. The highest BCUT2D eigenvalue weighted by Gasteiger charge is 2.23. The number of carbonyl (C=O) groups excluding carboxylic acids is 2. The van der Waals surface area contributed by atoms with Gasteiger partial charge in [-0.05, 0) is 37.3 Å². The highest BCUT2D eigenvalue weighted by atomic mass is 19.1. The van der Waals surface area contributed by atoms with E-state index in [0.29, 0.717) is 43.2 Å². The van der Waals surface area contributed by atoms with Crippen molar-refractivity contribution < 1.29 is 23.6 Å². The lowest BCUT2D eigenvalue weighted by Crippen LogP contribution is -2.51. The number of nitro groups is 1. The number of nitrogens with zero attached hydrogens (tertiary/aromatic N) is 3. The van der Waals surface area contributed by atoms with E-state index in [1.165, 1.54) is 36.4 Å². The van der Waals surface area contributed by atoms with Gasteiger partial charge >= 0.3 is 0 Å². The second-order valence-corrected chi connectivity index (χ2v) is 7.21. The van der Waals surface area contributed by atoms with Crippen LogP contribution in [0.1, 0.15) is 5.56 Å². The number of hydrogen-bond acceptors (Lipinski definition) is 6. The van der Waals surface area contributed by atoms with Crippen LogP contribution in [-0.4, -0.2) is 65.9 Å². The third kappa shape index (κ3) is 6.22. The fraction of sp³-hybridized carbons (Fsp3) is 0.333. The normalized spacial score (nSPS) is 14.2. The van der Waals surface area contributed by atoms with E-state index in [9.17, 15) is 24.1 Å². The van der Waals surface area contributed by atoms with E-state index in [-0.39, 0.29) is 30.7 Å². The lowest BCUT2D eigenvalue weighted by molar-refractivity contribution is -0.385. The monoisotopic (exact) mass is 430 g/mol. The summed E-state index contributed by atoms with van der Waals surface area (Å²) in [6.45, 7) is 3.55. The number of carbonyl (C=O) groups is 2. The quantitative estimate of drug-likeness (QED) is 0.533. The van der Waals surface area contributed by atoms with E-state index in [4.69, 9.17) is 4.74 Å². The molecule has 3 rings (SSSR count). The third-order valence-corrected chi connectivity index (χ3v) is 4.93. The number of hydrogen-bond donors (Lipinski definition) is 1. The Balaban J connectivity index is 1.41. The number of piperazine rings is 1. The standard InChI is InChI=1S/C21H23FN4O5/c1-15-11-18(5-6-19(15)26(29)30)31-14-21(28)25-9-7-24(8-10-25)13-20(27)23-17-4-2-3-16(22)12-17/h2-6,11-12H,7-10,13-14H2,1H3,(H,23,27). The minimum Gasteiger partial charge on any atom is -0.484 e. The first-order chi connectivity index (χ1) is 14.8. The molecule has 0 aromatic heterocycles. The van der Waals surface area contributed by atoms with E-state index in [2.05, 4.69) is 5.32 Å². The van der Waals surface area contributed by atoms with Crippen LogP contribution in [0.25, 0.3) is 0 Å². The van der Waals surface area contributed by atoms with Crippen molar-refractivity contribution in [1.82, 2.24) is 9.80 Å². The van der Waals surface area contributed by atoms with Gasteiger partial charge in [0.25, 0.3) is 11.6 Å². The number of nitro benzene ring substituents is 1. The van der Waals surface area contributed by atoms with Gasteiger partial charge in [-0.2, -0.15) is 0 Å². The van der Waals surface area contributed by atoms with Crippen molar-refractivity contribution in [3.05, 3.63) is 64.0 Å². The molecular formula is C21H23FN4O5. The average Bonchev–Trinajstić information content (AvgIpc) is 2.72. The first-order valence-electron chi connectivity index (χ1n) is 9.75. The lowest BCUT2D eigenvalue weighted by Gasteiger charge is -2.34. The first-order valence-corrected chi connectivity index (χ1v) is 9.75. The largest absolute Gasteiger partial charge is 0.484 e. The van der Waals surface area contributed by atoms with Crippen molar-refractivity contribution >= 4 is 23.2 Å². The maximum absolute atomic E-state index is 13.2. The Morgan fingerprint density at radius 1 is 1.16 bits per heavy atom. The maximum Gasteiger partial charge on any atom is 0.272 e. The second-order valence-electron chi connectivity index (χ2n) is 7.21. The second kappa shape index (κ2) is 9.98. The molecule has 0 aliphatic carbocycles. The van der Waals surface area contributed by atoms with Crippen molar-refractivity contribution in [1.29, 1.82) is 0 Å². The molecule has 0 unspecified atom stereocenters. The molecule has 10 heteroatoms. The summed E-state index contributed by atoms with van der Waals surface area (Å²) < 4.78 is 18.7. The SMILES string of the molecule is Cc1cc(OCC(=O)N2CCN(CC(=O)Nc3cccc(F)c3)CC2)ccc1[N+](=O)[O-]. The molecule has 1 saturated heterocycles. The Bertz CT molecular complexity index is 976. The van der Waals surface area contributed by atoms with Crippen LogP contribution in [0.5, 0.6) is 5.75 Å². The van der Waals surface area contributed by atoms with Crippen LogP contribution in [0, 0.1) is 22.9 Å². The van der Waals surface area contributed by atoms with Crippen LogP contribution in [0.15, 0.2) is 42.5 Å². The molecule has 2 amide bonds. The number of benzene rings is 2. The van der Waals surface area contributed by atoms with Crippen molar-refractivity contribution in [2.45, 2.75) is 6.92 Å². The minimum absolute atomic E-state index is 0.00349. The van der Waals surface area contributed by atoms with Crippen molar-refractivity contribution in [3.63, 3.8) is 0 Å². The molecule has 2 aromatic rings. The summed E-state index contributed by atoms with van der Waals surface area (Å²) in [6, 6.07) is 10.0. The van der Waals surface area contributed by atoms with Gasteiger partial charge in [0.2, 0.25) is 5.91 Å². The zero-order valence-corrected chi connectivity index (χ0v) is 17.0. The van der Waals surface area contributed by atoms with Crippen LogP contribution in [-0.2, 0) is 9.59 Å². The molecule has 1 aliphatic rings. The van der Waals surface area contributed by atoms with Crippen molar-refractivity contribution in [3.8, 4) is 5.75 Å². The van der Waals surface area contributed by atoms with E-state index in [1.807, 2.05) is 4.90 Å². The number of anilines is 1. The summed E-state index contributed by atoms with van der Waals surface area (Å²) in [5, 5.41) is 13.5. The van der Waals surface area contributed by atoms with Crippen LogP contribution in [0.4, 0.5) is 15.8 Å². The molecular weight excluding hydrogens is 407 g/mol. The summed E-state index contributed by atoms with van der Waals surface area (Å²) in [7, 11) is 0. The topological polar surface area (TPSA) is 105 Å². The maximum atomic E-state index is 13.2. The Kier molecular flexibility index (Phi) is 7.14. The fourth-order valence-corrected chi connectivity index (χ4v) is 3.28. The van der Waals surface area contributed by atoms with Gasteiger partial charge in [-0.1, -0.05) is 6.07 Å². The van der Waals surface area contributed by atoms with Gasteiger partial charge in [0.15, 0.2) is 6.61 Å². The summed E-state index contributed by atoms with van der Waals surface area (Å²) in [5.41, 5.74) is 0.855. The van der Waals surface area contributed by atoms with Gasteiger partial charge in [-0.15, -0.1) is 0 Å². The Morgan fingerprint density at radius 2 is 1.90 bits per heavy atom. The Labute approximate surface area is 178 Å². The average molecular weight is 430 g/mol. The molecule has 1 aliphatic heterocycles. The number of halogens is 1. The molecule has 0 spiro atoms. The van der Waals surface area contributed by atoms with Gasteiger partial charge in [-0.3, -0.25) is 24.6 Å². The number of amides is 2. The summed E-state index contributed by atoms with van der Waals surface area (Å²) in [6.07, 6.45) is 0. The molecule has 0 saturated carbocycles. The number of aryl methyl sites for hydroxylation is 1. The molecule has 0 radical (unpaired) electrons. The fourth-order valence-electron chi connectivity index (χ4n) is 3.28. The molecule has 9 nitrogen and oxygen atoms in total. The first kappa shape index (κ1) is 22.2. The van der Waals surface area contributed by atoms with Crippen molar-refractivity contribution in [2.75, 3.05) is 44.6 Å². The number of nitrogens with one attached hydrogen (secondary N) is 1. The molecule has 1 fully saturated rings. The zero-order chi connectivity index (χ0) is 22.4.